The second kappa shape index (κ2) is 6.95. The number of carbonyl (C=O) groups excluding carboxylic acids is 1. The van der Waals surface area contributed by atoms with Gasteiger partial charge in [0.2, 0.25) is 0 Å². The maximum atomic E-state index is 12.2. The molecule has 0 radical (unpaired) electrons. The molecule has 0 saturated carbocycles. The molecular weight excluding hydrogens is 355 g/mol. The third kappa shape index (κ3) is 3.61. The number of nitrogens with zero attached hydrogens (tertiary/aromatic N) is 2. The molecule has 0 bridgehead atoms. The Labute approximate surface area is 145 Å². The van der Waals surface area contributed by atoms with Crippen LogP contribution in [0.15, 0.2) is 47.0 Å². The number of hydrogen-bond donors (Lipinski definition) is 2. The van der Waals surface area contributed by atoms with E-state index in [1.54, 1.807) is 18.2 Å². The number of thiophene rings is 1. The molecule has 0 atom stereocenters. The molecule has 116 valence electrons. The van der Waals surface area contributed by atoms with Crippen molar-refractivity contribution in [3.63, 3.8) is 0 Å². The Balaban J connectivity index is 1.72. The third-order valence-corrected chi connectivity index (χ3v) is 4.60. The van der Waals surface area contributed by atoms with E-state index in [0.29, 0.717) is 21.3 Å². The van der Waals surface area contributed by atoms with Gasteiger partial charge >= 0.3 is 0 Å². The van der Waals surface area contributed by atoms with E-state index in [2.05, 4.69) is 20.7 Å². The Morgan fingerprint density at radius 1 is 1.30 bits per heavy atom. The van der Waals surface area contributed by atoms with Gasteiger partial charge in [0, 0.05) is 0 Å². The van der Waals surface area contributed by atoms with Gasteiger partial charge < -0.3 is 0 Å². The molecule has 0 aliphatic rings. The Bertz CT molecular complexity index is 858. The largest absolute Gasteiger partial charge is 0.276 e. The summed E-state index contributed by atoms with van der Waals surface area (Å²) in [7, 11) is 0. The lowest BCUT2D eigenvalue weighted by Gasteiger charge is -2.00. The second-order valence-electron chi connectivity index (χ2n) is 4.51. The summed E-state index contributed by atoms with van der Waals surface area (Å²) in [5, 5.41) is 13.5. The Kier molecular flexibility index (Phi) is 4.76. The van der Waals surface area contributed by atoms with E-state index in [1.807, 2.05) is 17.5 Å². The molecule has 5 nitrogen and oxygen atoms in total. The SMILES string of the molecule is O=C(NN=Cc1ccc(Cl)c(Cl)c1)c1cn[nH]c1-c1cccs1. The van der Waals surface area contributed by atoms with Crippen molar-refractivity contribution in [3.05, 3.63) is 63.1 Å². The molecule has 3 rings (SSSR count). The van der Waals surface area contributed by atoms with Crippen LogP contribution >= 0.6 is 34.5 Å². The standard InChI is InChI=1S/C15H10Cl2N4OS/c16-11-4-3-9(6-12(11)17)7-18-21-15(22)10-8-19-20-14(10)13-2-1-5-23-13/h1-8H,(H,19,20)(H,21,22). The minimum absolute atomic E-state index is 0.349. The summed E-state index contributed by atoms with van der Waals surface area (Å²) in [6.07, 6.45) is 2.96. The van der Waals surface area contributed by atoms with E-state index in [4.69, 9.17) is 23.2 Å². The highest BCUT2D eigenvalue weighted by molar-refractivity contribution is 7.13. The highest BCUT2D eigenvalue weighted by atomic mass is 35.5. The topological polar surface area (TPSA) is 70.1 Å². The monoisotopic (exact) mass is 364 g/mol. The smallest absolute Gasteiger partial charge is 0.275 e. The van der Waals surface area contributed by atoms with Gasteiger partial charge in [0.15, 0.2) is 0 Å². The molecule has 0 unspecified atom stereocenters. The minimum Gasteiger partial charge on any atom is -0.276 e. The Morgan fingerprint density at radius 2 is 2.17 bits per heavy atom. The summed E-state index contributed by atoms with van der Waals surface area (Å²) in [6.45, 7) is 0. The van der Waals surface area contributed by atoms with Crippen molar-refractivity contribution in [2.75, 3.05) is 0 Å². The van der Waals surface area contributed by atoms with Crippen LogP contribution in [0.5, 0.6) is 0 Å². The number of amides is 1. The zero-order chi connectivity index (χ0) is 16.2. The summed E-state index contributed by atoms with van der Waals surface area (Å²) in [6, 6.07) is 8.89. The Morgan fingerprint density at radius 3 is 2.91 bits per heavy atom. The summed E-state index contributed by atoms with van der Waals surface area (Å²) >= 11 is 13.3. The van der Waals surface area contributed by atoms with Gasteiger partial charge in [-0.05, 0) is 29.1 Å². The van der Waals surface area contributed by atoms with Crippen molar-refractivity contribution in [2.24, 2.45) is 5.10 Å². The van der Waals surface area contributed by atoms with Crippen LogP contribution in [0, 0.1) is 0 Å². The van der Waals surface area contributed by atoms with Crippen LogP contribution in [0.3, 0.4) is 0 Å². The van der Waals surface area contributed by atoms with Crippen LogP contribution < -0.4 is 5.43 Å². The summed E-state index contributed by atoms with van der Waals surface area (Å²) in [4.78, 5) is 13.1. The molecule has 2 heterocycles. The lowest BCUT2D eigenvalue weighted by Crippen LogP contribution is -2.17. The van der Waals surface area contributed by atoms with Crippen molar-refractivity contribution in [3.8, 4) is 10.6 Å². The van der Waals surface area contributed by atoms with Crippen LogP contribution in [0.1, 0.15) is 15.9 Å². The van der Waals surface area contributed by atoms with Crippen molar-refractivity contribution < 1.29 is 4.79 Å². The summed E-state index contributed by atoms with van der Waals surface area (Å²) in [5.41, 5.74) is 4.29. The number of benzene rings is 1. The number of rotatable bonds is 4. The number of aromatic nitrogens is 2. The molecule has 1 aromatic carbocycles. The van der Waals surface area contributed by atoms with Gasteiger partial charge in [-0.2, -0.15) is 10.2 Å². The number of nitrogens with one attached hydrogen (secondary N) is 2. The minimum atomic E-state index is -0.349. The van der Waals surface area contributed by atoms with E-state index in [9.17, 15) is 4.79 Å². The first kappa shape index (κ1) is 15.7. The van der Waals surface area contributed by atoms with E-state index < -0.39 is 0 Å². The van der Waals surface area contributed by atoms with Crippen LogP contribution in [0.25, 0.3) is 10.6 Å². The normalized spacial score (nSPS) is 11.0. The average Bonchev–Trinajstić information content (AvgIpc) is 3.20. The highest BCUT2D eigenvalue weighted by Gasteiger charge is 2.15. The van der Waals surface area contributed by atoms with Gasteiger partial charge in [0.25, 0.3) is 5.91 Å². The average molecular weight is 365 g/mol. The van der Waals surface area contributed by atoms with E-state index in [-0.39, 0.29) is 5.91 Å². The number of H-pyrrole nitrogens is 1. The van der Waals surface area contributed by atoms with Gasteiger partial charge in [-0.3, -0.25) is 9.89 Å². The van der Waals surface area contributed by atoms with Gasteiger partial charge in [0.1, 0.15) is 0 Å². The molecule has 23 heavy (non-hydrogen) atoms. The fourth-order valence-corrected chi connectivity index (χ4v) is 2.93. The van der Waals surface area contributed by atoms with Crippen molar-refractivity contribution >= 4 is 46.7 Å². The summed E-state index contributed by atoms with van der Waals surface area (Å²) in [5.74, 6) is -0.349. The first-order chi connectivity index (χ1) is 11.1. The molecule has 1 amide bonds. The third-order valence-electron chi connectivity index (χ3n) is 2.97. The van der Waals surface area contributed by atoms with Crippen molar-refractivity contribution in [1.82, 2.24) is 15.6 Å². The van der Waals surface area contributed by atoms with Gasteiger partial charge in [-0.15, -0.1) is 11.3 Å². The zero-order valence-corrected chi connectivity index (χ0v) is 13.9. The van der Waals surface area contributed by atoms with Crippen LogP contribution in [-0.4, -0.2) is 22.3 Å². The van der Waals surface area contributed by atoms with Crippen molar-refractivity contribution in [1.29, 1.82) is 0 Å². The highest BCUT2D eigenvalue weighted by Crippen LogP contribution is 2.25. The van der Waals surface area contributed by atoms with Crippen LogP contribution in [-0.2, 0) is 0 Å². The van der Waals surface area contributed by atoms with Crippen molar-refractivity contribution in [2.45, 2.75) is 0 Å². The molecule has 0 aliphatic carbocycles. The lowest BCUT2D eigenvalue weighted by atomic mass is 10.2. The quantitative estimate of drug-likeness (QED) is 0.537. The predicted molar refractivity (Wildman–Crippen MR) is 93.4 cm³/mol. The fraction of sp³-hybridized carbons (Fsp3) is 0. The number of halogens is 2. The molecule has 0 aliphatic heterocycles. The summed E-state index contributed by atoms with van der Waals surface area (Å²) < 4.78 is 0. The molecule has 0 spiro atoms. The first-order valence-corrected chi connectivity index (χ1v) is 8.14. The van der Waals surface area contributed by atoms with Gasteiger partial charge in [-0.1, -0.05) is 35.3 Å². The number of carbonyl (C=O) groups is 1. The van der Waals surface area contributed by atoms with Crippen LogP contribution in [0.2, 0.25) is 10.0 Å². The molecule has 0 fully saturated rings. The maximum Gasteiger partial charge on any atom is 0.275 e. The van der Waals surface area contributed by atoms with Crippen LogP contribution in [0.4, 0.5) is 0 Å². The number of hydrazone groups is 1. The molecule has 8 heteroatoms. The first-order valence-electron chi connectivity index (χ1n) is 6.51. The Hall–Kier alpha value is -2.15. The number of aromatic amines is 1. The van der Waals surface area contributed by atoms with Gasteiger partial charge in [0.05, 0.1) is 38.6 Å². The molecule has 2 aromatic heterocycles. The van der Waals surface area contributed by atoms with E-state index >= 15 is 0 Å². The maximum absolute atomic E-state index is 12.2. The molecule has 2 N–H and O–H groups in total. The predicted octanol–water partition coefficient (Wildman–Crippen LogP) is 4.21. The lowest BCUT2D eigenvalue weighted by molar-refractivity contribution is 0.0956. The molecule has 0 saturated heterocycles. The zero-order valence-electron chi connectivity index (χ0n) is 11.6. The molecule has 3 aromatic rings. The fourth-order valence-electron chi connectivity index (χ4n) is 1.89. The van der Waals surface area contributed by atoms with E-state index in [1.165, 1.54) is 23.7 Å². The second-order valence-corrected chi connectivity index (χ2v) is 6.27. The van der Waals surface area contributed by atoms with E-state index in [0.717, 1.165) is 10.4 Å². The molecular formula is C15H10Cl2N4OS. The number of hydrogen-bond acceptors (Lipinski definition) is 4. The van der Waals surface area contributed by atoms with Gasteiger partial charge in [-0.25, -0.2) is 5.43 Å².